The molecule has 0 spiro atoms. The number of para-hydroxylation sites is 1. The Morgan fingerprint density at radius 2 is 1.83 bits per heavy atom. The second-order valence-electron chi connectivity index (χ2n) is 4.95. The van der Waals surface area contributed by atoms with Gasteiger partial charge in [0.25, 0.3) is 5.91 Å². The number of anilines is 1. The van der Waals surface area contributed by atoms with Gasteiger partial charge in [0, 0.05) is 12.4 Å². The SMILES string of the molecule is Cc1ccc(NC(=O)c2cccnc2Oc2ccccc2)nc1. The molecule has 0 radical (unpaired) electrons. The third-order valence-corrected chi connectivity index (χ3v) is 3.13. The molecule has 2 aromatic heterocycles. The van der Waals surface area contributed by atoms with E-state index >= 15 is 0 Å². The molecular formula is C18H15N3O2. The maximum atomic E-state index is 12.4. The number of aryl methyl sites for hydroxylation is 1. The fraction of sp³-hybridized carbons (Fsp3) is 0.0556. The normalized spacial score (nSPS) is 10.1. The van der Waals surface area contributed by atoms with E-state index < -0.39 is 0 Å². The van der Waals surface area contributed by atoms with Gasteiger partial charge in [0.1, 0.15) is 17.1 Å². The highest BCUT2D eigenvalue weighted by Gasteiger charge is 2.14. The van der Waals surface area contributed by atoms with E-state index in [2.05, 4.69) is 15.3 Å². The van der Waals surface area contributed by atoms with E-state index in [1.165, 1.54) is 0 Å². The monoisotopic (exact) mass is 305 g/mol. The molecule has 0 saturated carbocycles. The molecule has 2 heterocycles. The third kappa shape index (κ3) is 3.71. The molecule has 0 aliphatic carbocycles. The zero-order valence-electron chi connectivity index (χ0n) is 12.6. The van der Waals surface area contributed by atoms with Crippen LogP contribution in [-0.4, -0.2) is 15.9 Å². The summed E-state index contributed by atoms with van der Waals surface area (Å²) in [5, 5.41) is 2.74. The lowest BCUT2D eigenvalue weighted by Crippen LogP contribution is -2.14. The van der Waals surface area contributed by atoms with E-state index in [1.807, 2.05) is 31.2 Å². The number of benzene rings is 1. The number of carbonyl (C=O) groups excluding carboxylic acids is 1. The Labute approximate surface area is 134 Å². The van der Waals surface area contributed by atoms with Crippen LogP contribution in [0.3, 0.4) is 0 Å². The van der Waals surface area contributed by atoms with Gasteiger partial charge in [-0.05, 0) is 42.8 Å². The van der Waals surface area contributed by atoms with Gasteiger partial charge >= 0.3 is 0 Å². The van der Waals surface area contributed by atoms with Crippen LogP contribution in [0.25, 0.3) is 0 Å². The van der Waals surface area contributed by atoms with Crippen molar-refractivity contribution in [2.45, 2.75) is 6.92 Å². The minimum absolute atomic E-state index is 0.253. The molecule has 1 N–H and O–H groups in total. The van der Waals surface area contributed by atoms with Crippen LogP contribution >= 0.6 is 0 Å². The first-order chi connectivity index (χ1) is 11.2. The molecule has 1 amide bonds. The van der Waals surface area contributed by atoms with Gasteiger partial charge in [0.2, 0.25) is 5.88 Å². The Morgan fingerprint density at radius 1 is 1.00 bits per heavy atom. The number of hydrogen-bond acceptors (Lipinski definition) is 4. The van der Waals surface area contributed by atoms with Gasteiger partial charge in [-0.2, -0.15) is 0 Å². The lowest BCUT2D eigenvalue weighted by atomic mass is 10.2. The van der Waals surface area contributed by atoms with E-state index in [1.54, 1.807) is 42.7 Å². The van der Waals surface area contributed by atoms with Crippen LogP contribution in [-0.2, 0) is 0 Å². The zero-order valence-corrected chi connectivity index (χ0v) is 12.6. The molecule has 0 unspecified atom stereocenters. The summed E-state index contributed by atoms with van der Waals surface area (Å²) in [6.45, 7) is 1.94. The van der Waals surface area contributed by atoms with Crippen molar-refractivity contribution in [3.8, 4) is 11.6 Å². The third-order valence-electron chi connectivity index (χ3n) is 3.13. The number of carbonyl (C=O) groups is 1. The van der Waals surface area contributed by atoms with Crippen molar-refractivity contribution in [1.82, 2.24) is 9.97 Å². The number of aromatic nitrogens is 2. The number of ether oxygens (including phenoxy) is 1. The Bertz CT molecular complexity index is 802. The molecule has 5 nitrogen and oxygen atoms in total. The summed E-state index contributed by atoms with van der Waals surface area (Å²) in [4.78, 5) is 20.8. The summed E-state index contributed by atoms with van der Waals surface area (Å²) in [6, 6.07) is 16.2. The average Bonchev–Trinajstić information content (AvgIpc) is 2.58. The van der Waals surface area contributed by atoms with E-state index in [0.29, 0.717) is 17.1 Å². The smallest absolute Gasteiger partial charge is 0.262 e. The lowest BCUT2D eigenvalue weighted by Gasteiger charge is -2.10. The summed E-state index contributed by atoms with van der Waals surface area (Å²) >= 11 is 0. The molecule has 0 bridgehead atoms. The number of amides is 1. The predicted molar refractivity (Wildman–Crippen MR) is 87.7 cm³/mol. The number of hydrogen-bond donors (Lipinski definition) is 1. The molecule has 3 aromatic rings. The second kappa shape index (κ2) is 6.70. The van der Waals surface area contributed by atoms with Gasteiger partial charge in [0.15, 0.2) is 0 Å². The van der Waals surface area contributed by atoms with Gasteiger partial charge in [-0.3, -0.25) is 4.79 Å². The molecule has 0 atom stereocenters. The molecule has 23 heavy (non-hydrogen) atoms. The lowest BCUT2D eigenvalue weighted by molar-refractivity contribution is 0.102. The minimum Gasteiger partial charge on any atom is -0.438 e. The fourth-order valence-corrected chi connectivity index (χ4v) is 1.97. The van der Waals surface area contributed by atoms with Crippen molar-refractivity contribution in [2.24, 2.45) is 0 Å². The van der Waals surface area contributed by atoms with Gasteiger partial charge in [-0.15, -0.1) is 0 Å². The number of rotatable bonds is 4. The Hall–Kier alpha value is -3.21. The van der Waals surface area contributed by atoms with Crippen LogP contribution in [0, 0.1) is 6.92 Å². The Kier molecular flexibility index (Phi) is 4.29. The van der Waals surface area contributed by atoms with Crippen LogP contribution in [0.4, 0.5) is 5.82 Å². The number of nitrogens with one attached hydrogen (secondary N) is 1. The van der Waals surface area contributed by atoms with Crippen LogP contribution in [0.2, 0.25) is 0 Å². The first-order valence-electron chi connectivity index (χ1n) is 7.14. The zero-order chi connectivity index (χ0) is 16.1. The Morgan fingerprint density at radius 3 is 2.57 bits per heavy atom. The van der Waals surface area contributed by atoms with Crippen LogP contribution in [0.15, 0.2) is 67.0 Å². The molecule has 0 fully saturated rings. The summed E-state index contributed by atoms with van der Waals surface area (Å²) in [5.74, 6) is 1.03. The molecule has 3 rings (SSSR count). The first-order valence-corrected chi connectivity index (χ1v) is 7.14. The molecule has 0 aliphatic heterocycles. The molecule has 0 saturated heterocycles. The van der Waals surface area contributed by atoms with E-state index in [0.717, 1.165) is 5.56 Å². The highest BCUT2D eigenvalue weighted by Crippen LogP contribution is 2.23. The molecule has 1 aromatic carbocycles. The van der Waals surface area contributed by atoms with Gasteiger partial charge in [0.05, 0.1) is 0 Å². The van der Waals surface area contributed by atoms with Crippen molar-refractivity contribution in [1.29, 1.82) is 0 Å². The first kappa shape index (κ1) is 14.7. The van der Waals surface area contributed by atoms with Gasteiger partial charge in [-0.25, -0.2) is 9.97 Å². The predicted octanol–water partition coefficient (Wildman–Crippen LogP) is 3.83. The van der Waals surface area contributed by atoms with Crippen LogP contribution in [0.5, 0.6) is 11.6 Å². The number of nitrogens with zero attached hydrogens (tertiary/aromatic N) is 2. The summed E-state index contributed by atoms with van der Waals surface area (Å²) in [5.41, 5.74) is 1.37. The standard InChI is InChI=1S/C18H15N3O2/c1-13-9-10-16(20-12-13)21-17(22)15-8-5-11-19-18(15)23-14-6-3-2-4-7-14/h2-12H,1H3,(H,20,21,22). The van der Waals surface area contributed by atoms with E-state index in [9.17, 15) is 4.79 Å². The maximum absolute atomic E-state index is 12.4. The van der Waals surface area contributed by atoms with Crippen LogP contribution in [0.1, 0.15) is 15.9 Å². The second-order valence-corrected chi connectivity index (χ2v) is 4.95. The average molecular weight is 305 g/mol. The van der Waals surface area contributed by atoms with Crippen LogP contribution < -0.4 is 10.1 Å². The summed E-state index contributed by atoms with van der Waals surface area (Å²) in [7, 11) is 0. The highest BCUT2D eigenvalue weighted by molar-refractivity contribution is 6.05. The van der Waals surface area contributed by atoms with Crippen molar-refractivity contribution in [3.05, 3.63) is 78.1 Å². The van der Waals surface area contributed by atoms with Crippen molar-refractivity contribution < 1.29 is 9.53 Å². The van der Waals surface area contributed by atoms with Crippen molar-refractivity contribution >= 4 is 11.7 Å². The minimum atomic E-state index is -0.319. The molecule has 114 valence electrons. The highest BCUT2D eigenvalue weighted by atomic mass is 16.5. The van der Waals surface area contributed by atoms with E-state index in [4.69, 9.17) is 4.74 Å². The van der Waals surface area contributed by atoms with Gasteiger partial charge < -0.3 is 10.1 Å². The Balaban J connectivity index is 1.82. The van der Waals surface area contributed by atoms with E-state index in [-0.39, 0.29) is 11.8 Å². The summed E-state index contributed by atoms with van der Waals surface area (Å²) in [6.07, 6.45) is 3.28. The quantitative estimate of drug-likeness (QED) is 0.795. The molecular weight excluding hydrogens is 290 g/mol. The van der Waals surface area contributed by atoms with Crippen molar-refractivity contribution in [3.63, 3.8) is 0 Å². The number of pyridine rings is 2. The maximum Gasteiger partial charge on any atom is 0.262 e. The molecule has 0 aliphatic rings. The summed E-state index contributed by atoms with van der Waals surface area (Å²) < 4.78 is 5.70. The van der Waals surface area contributed by atoms with Gasteiger partial charge in [-0.1, -0.05) is 24.3 Å². The molecule has 5 heteroatoms. The van der Waals surface area contributed by atoms with Crippen molar-refractivity contribution in [2.75, 3.05) is 5.32 Å². The topological polar surface area (TPSA) is 64.1 Å². The fourth-order valence-electron chi connectivity index (χ4n) is 1.97. The largest absolute Gasteiger partial charge is 0.438 e.